The van der Waals surface area contributed by atoms with Crippen molar-refractivity contribution in [2.75, 3.05) is 13.1 Å². The number of nitrogens with one attached hydrogen (secondary N) is 2. The van der Waals surface area contributed by atoms with Crippen LogP contribution in [0.15, 0.2) is 65.5 Å². The minimum absolute atomic E-state index is 0.185. The number of nitrogens with zero attached hydrogens (tertiary/aromatic N) is 1. The summed E-state index contributed by atoms with van der Waals surface area (Å²) < 4.78 is 0. The SMILES string of the molecule is O=C1NCCN(C(=O)c2cc3ccccc3c(=O)[nH]2)[C@H]1c1ccccc1. The highest BCUT2D eigenvalue weighted by atomic mass is 16.2. The number of fused-ring (bicyclic) bond motifs is 1. The lowest BCUT2D eigenvalue weighted by molar-refractivity contribution is -0.128. The van der Waals surface area contributed by atoms with E-state index in [1.54, 1.807) is 24.3 Å². The topological polar surface area (TPSA) is 82.3 Å². The lowest BCUT2D eigenvalue weighted by Gasteiger charge is -2.35. The van der Waals surface area contributed by atoms with Crippen LogP contribution in [0.3, 0.4) is 0 Å². The Morgan fingerprint density at radius 1 is 1.00 bits per heavy atom. The predicted octanol–water partition coefficient (Wildman–Crippen LogP) is 1.84. The summed E-state index contributed by atoms with van der Waals surface area (Å²) in [4.78, 5) is 42.0. The third kappa shape index (κ3) is 2.75. The fourth-order valence-electron chi connectivity index (χ4n) is 3.33. The van der Waals surface area contributed by atoms with Crippen molar-refractivity contribution in [2.45, 2.75) is 6.04 Å². The van der Waals surface area contributed by atoms with Gasteiger partial charge in [0.05, 0.1) is 0 Å². The van der Waals surface area contributed by atoms with Gasteiger partial charge < -0.3 is 15.2 Å². The van der Waals surface area contributed by atoms with Gasteiger partial charge in [-0.1, -0.05) is 48.5 Å². The molecule has 0 aliphatic carbocycles. The summed E-state index contributed by atoms with van der Waals surface area (Å²) in [5, 5.41) is 4.02. The van der Waals surface area contributed by atoms with Gasteiger partial charge in [-0.2, -0.15) is 0 Å². The van der Waals surface area contributed by atoms with E-state index in [1.165, 1.54) is 4.90 Å². The second kappa shape index (κ2) is 6.48. The summed E-state index contributed by atoms with van der Waals surface area (Å²) in [5.74, 6) is -0.588. The average Bonchev–Trinajstić information content (AvgIpc) is 2.68. The molecule has 1 atom stereocenters. The Balaban J connectivity index is 1.76. The lowest BCUT2D eigenvalue weighted by atomic mass is 10.0. The molecule has 0 unspecified atom stereocenters. The van der Waals surface area contributed by atoms with Crippen LogP contribution < -0.4 is 10.9 Å². The van der Waals surface area contributed by atoms with E-state index in [-0.39, 0.29) is 23.1 Å². The highest BCUT2D eigenvalue weighted by Gasteiger charge is 2.35. The van der Waals surface area contributed by atoms with Gasteiger partial charge in [-0.15, -0.1) is 0 Å². The van der Waals surface area contributed by atoms with Crippen LogP contribution in [0.25, 0.3) is 10.8 Å². The van der Waals surface area contributed by atoms with Crippen molar-refractivity contribution in [3.05, 3.63) is 82.3 Å². The van der Waals surface area contributed by atoms with Gasteiger partial charge in [0, 0.05) is 18.5 Å². The molecule has 0 bridgehead atoms. The van der Waals surface area contributed by atoms with Crippen molar-refractivity contribution >= 4 is 22.6 Å². The zero-order valence-electron chi connectivity index (χ0n) is 13.9. The molecule has 0 spiro atoms. The lowest BCUT2D eigenvalue weighted by Crippen LogP contribution is -2.52. The van der Waals surface area contributed by atoms with E-state index in [4.69, 9.17) is 0 Å². The van der Waals surface area contributed by atoms with Gasteiger partial charge >= 0.3 is 0 Å². The van der Waals surface area contributed by atoms with Crippen molar-refractivity contribution in [3.63, 3.8) is 0 Å². The quantitative estimate of drug-likeness (QED) is 0.742. The first-order valence-electron chi connectivity index (χ1n) is 8.41. The maximum Gasteiger partial charge on any atom is 0.271 e. The minimum Gasteiger partial charge on any atom is -0.352 e. The first-order valence-corrected chi connectivity index (χ1v) is 8.41. The van der Waals surface area contributed by atoms with Gasteiger partial charge in [0.15, 0.2) is 0 Å². The number of hydrogen-bond donors (Lipinski definition) is 2. The molecule has 2 aromatic carbocycles. The van der Waals surface area contributed by atoms with Crippen LogP contribution in [0, 0.1) is 0 Å². The summed E-state index contributed by atoms with van der Waals surface area (Å²) in [6, 6.07) is 17.2. The van der Waals surface area contributed by atoms with E-state index in [2.05, 4.69) is 10.3 Å². The molecule has 1 saturated heterocycles. The third-order valence-corrected chi connectivity index (χ3v) is 4.57. The Hall–Kier alpha value is -3.41. The summed E-state index contributed by atoms with van der Waals surface area (Å²) in [7, 11) is 0. The van der Waals surface area contributed by atoms with Gasteiger partial charge in [0.1, 0.15) is 11.7 Å². The number of pyridine rings is 1. The van der Waals surface area contributed by atoms with Crippen molar-refractivity contribution < 1.29 is 9.59 Å². The average molecular weight is 347 g/mol. The molecule has 2 amide bonds. The predicted molar refractivity (Wildman–Crippen MR) is 97.8 cm³/mol. The van der Waals surface area contributed by atoms with E-state index in [9.17, 15) is 14.4 Å². The number of piperazine rings is 1. The Bertz CT molecular complexity index is 1040. The molecule has 2 N–H and O–H groups in total. The zero-order valence-corrected chi connectivity index (χ0v) is 13.9. The molecule has 2 heterocycles. The number of H-pyrrole nitrogens is 1. The van der Waals surface area contributed by atoms with Gasteiger partial charge in [0.2, 0.25) is 5.91 Å². The molecule has 3 aromatic rings. The van der Waals surface area contributed by atoms with Crippen LogP contribution in [0.4, 0.5) is 0 Å². The number of amides is 2. The van der Waals surface area contributed by atoms with Crippen molar-refractivity contribution in [1.82, 2.24) is 15.2 Å². The fraction of sp³-hybridized carbons (Fsp3) is 0.150. The first kappa shape index (κ1) is 16.1. The van der Waals surface area contributed by atoms with Crippen LogP contribution in [-0.2, 0) is 4.79 Å². The maximum atomic E-state index is 13.1. The van der Waals surface area contributed by atoms with Crippen LogP contribution in [0.2, 0.25) is 0 Å². The molecule has 1 aliphatic rings. The number of aromatic amines is 1. The molecule has 0 saturated carbocycles. The highest BCUT2D eigenvalue weighted by Crippen LogP contribution is 2.25. The molecule has 26 heavy (non-hydrogen) atoms. The Kier molecular flexibility index (Phi) is 4.01. The number of benzene rings is 2. The smallest absolute Gasteiger partial charge is 0.271 e. The van der Waals surface area contributed by atoms with Crippen LogP contribution in [0.1, 0.15) is 22.1 Å². The number of carbonyl (C=O) groups excluding carboxylic acids is 2. The summed E-state index contributed by atoms with van der Waals surface area (Å²) in [6.07, 6.45) is 0. The number of hydrogen-bond acceptors (Lipinski definition) is 3. The Morgan fingerprint density at radius 3 is 2.54 bits per heavy atom. The van der Waals surface area contributed by atoms with Crippen LogP contribution in [-0.4, -0.2) is 34.8 Å². The molecule has 1 aromatic heterocycles. The highest BCUT2D eigenvalue weighted by molar-refractivity contribution is 5.99. The molecule has 130 valence electrons. The molecule has 1 aliphatic heterocycles. The zero-order chi connectivity index (χ0) is 18.1. The maximum absolute atomic E-state index is 13.1. The Morgan fingerprint density at radius 2 is 1.73 bits per heavy atom. The third-order valence-electron chi connectivity index (χ3n) is 4.57. The normalized spacial score (nSPS) is 17.2. The second-order valence-electron chi connectivity index (χ2n) is 6.20. The minimum atomic E-state index is -0.715. The van der Waals surface area contributed by atoms with E-state index in [1.807, 2.05) is 36.4 Å². The first-order chi connectivity index (χ1) is 12.6. The van der Waals surface area contributed by atoms with Crippen LogP contribution >= 0.6 is 0 Å². The van der Waals surface area contributed by atoms with E-state index < -0.39 is 6.04 Å². The van der Waals surface area contributed by atoms with Gasteiger partial charge in [-0.05, 0) is 23.1 Å². The summed E-state index contributed by atoms with van der Waals surface area (Å²) in [5.41, 5.74) is 0.606. The molecular weight excluding hydrogens is 330 g/mol. The van der Waals surface area contributed by atoms with Crippen molar-refractivity contribution in [3.8, 4) is 0 Å². The molecule has 0 radical (unpaired) electrons. The number of rotatable bonds is 2. The summed E-state index contributed by atoms with van der Waals surface area (Å²) >= 11 is 0. The van der Waals surface area contributed by atoms with Gasteiger partial charge in [-0.3, -0.25) is 14.4 Å². The van der Waals surface area contributed by atoms with E-state index >= 15 is 0 Å². The van der Waals surface area contributed by atoms with Gasteiger partial charge in [0.25, 0.3) is 11.5 Å². The Labute approximate surface area is 149 Å². The van der Waals surface area contributed by atoms with E-state index in [0.717, 1.165) is 5.56 Å². The van der Waals surface area contributed by atoms with Gasteiger partial charge in [-0.25, -0.2) is 0 Å². The fourth-order valence-corrected chi connectivity index (χ4v) is 3.33. The number of aromatic nitrogens is 1. The van der Waals surface area contributed by atoms with Crippen LogP contribution in [0.5, 0.6) is 0 Å². The van der Waals surface area contributed by atoms with Crippen molar-refractivity contribution in [1.29, 1.82) is 0 Å². The standard InChI is InChI=1S/C20H17N3O3/c24-18-15-9-5-4-8-14(15)12-16(22-18)20(26)23-11-10-21-19(25)17(23)13-6-2-1-3-7-13/h1-9,12,17H,10-11H2,(H,21,25)(H,22,24)/t17-/m0/s1. The molecule has 6 heteroatoms. The largest absolute Gasteiger partial charge is 0.352 e. The number of carbonyl (C=O) groups is 2. The molecule has 4 rings (SSSR count). The monoisotopic (exact) mass is 347 g/mol. The molecule has 6 nitrogen and oxygen atoms in total. The van der Waals surface area contributed by atoms with E-state index in [0.29, 0.717) is 23.9 Å². The second-order valence-corrected chi connectivity index (χ2v) is 6.20. The molecular formula is C20H17N3O3. The molecule has 1 fully saturated rings. The summed E-state index contributed by atoms with van der Waals surface area (Å²) in [6.45, 7) is 0.755. The van der Waals surface area contributed by atoms with Crippen molar-refractivity contribution in [2.24, 2.45) is 0 Å².